The van der Waals surface area contributed by atoms with E-state index in [9.17, 15) is 0 Å². The average molecular weight is 452 g/mol. The number of benzene rings is 4. The molecule has 0 saturated carbocycles. The number of aromatic nitrogens is 2. The number of hydrogen-bond acceptors (Lipinski definition) is 2. The fraction of sp³-hybridized carbons (Fsp3) is 0.0625. The average Bonchev–Trinajstić information content (AvgIpc) is 3.28. The minimum absolute atomic E-state index is 0.876. The van der Waals surface area contributed by atoms with E-state index in [4.69, 9.17) is 4.42 Å². The molecule has 166 valence electrons. The molecule has 3 aromatic heterocycles. The van der Waals surface area contributed by atoms with E-state index in [1.165, 1.54) is 27.1 Å². The van der Waals surface area contributed by atoms with E-state index in [0.717, 1.165) is 44.3 Å². The van der Waals surface area contributed by atoms with Crippen LogP contribution in [0.15, 0.2) is 108 Å². The molecule has 0 unspecified atom stereocenters. The van der Waals surface area contributed by atoms with Crippen molar-refractivity contribution in [1.82, 2.24) is 4.98 Å². The molecule has 0 bridgehead atoms. The minimum atomic E-state index is 0.876. The van der Waals surface area contributed by atoms with E-state index in [-0.39, 0.29) is 0 Å². The Kier molecular flexibility index (Phi) is 4.27. The fourth-order valence-electron chi connectivity index (χ4n) is 5.42. The second kappa shape index (κ2) is 7.51. The zero-order chi connectivity index (χ0) is 23.5. The van der Waals surface area contributed by atoms with Crippen molar-refractivity contribution < 1.29 is 8.98 Å². The van der Waals surface area contributed by atoms with Gasteiger partial charge in [0, 0.05) is 40.9 Å². The molecule has 3 nitrogen and oxygen atoms in total. The van der Waals surface area contributed by atoms with Gasteiger partial charge in [-0.05, 0) is 51.7 Å². The number of furan rings is 1. The van der Waals surface area contributed by atoms with Gasteiger partial charge in [-0.3, -0.25) is 4.98 Å². The molecule has 0 fully saturated rings. The van der Waals surface area contributed by atoms with Crippen LogP contribution in [0.2, 0.25) is 0 Å². The van der Waals surface area contributed by atoms with Crippen molar-refractivity contribution in [1.29, 1.82) is 0 Å². The van der Waals surface area contributed by atoms with Gasteiger partial charge in [-0.2, -0.15) is 0 Å². The van der Waals surface area contributed by atoms with Crippen molar-refractivity contribution in [3.8, 4) is 22.4 Å². The van der Waals surface area contributed by atoms with Crippen molar-refractivity contribution >= 4 is 43.5 Å². The summed E-state index contributed by atoms with van der Waals surface area (Å²) in [5.41, 5.74) is 7.36. The van der Waals surface area contributed by atoms with Gasteiger partial charge in [-0.15, -0.1) is 0 Å². The Bertz CT molecular complexity index is 1930. The third kappa shape index (κ3) is 2.91. The van der Waals surface area contributed by atoms with Crippen LogP contribution in [-0.4, -0.2) is 4.98 Å². The summed E-state index contributed by atoms with van der Waals surface area (Å²) in [6.07, 6.45) is 5.94. The Morgan fingerprint density at radius 1 is 0.657 bits per heavy atom. The maximum absolute atomic E-state index is 6.77. The van der Waals surface area contributed by atoms with Crippen LogP contribution in [-0.2, 0) is 7.05 Å². The number of nitrogens with zero attached hydrogens (tertiary/aromatic N) is 2. The van der Waals surface area contributed by atoms with E-state index < -0.39 is 0 Å². The van der Waals surface area contributed by atoms with Gasteiger partial charge in [0.1, 0.15) is 18.2 Å². The molecule has 3 heteroatoms. The highest BCUT2D eigenvalue weighted by molar-refractivity contribution is 6.18. The van der Waals surface area contributed by atoms with Crippen molar-refractivity contribution in [2.75, 3.05) is 0 Å². The zero-order valence-electron chi connectivity index (χ0n) is 19.6. The first-order valence-electron chi connectivity index (χ1n) is 11.9. The van der Waals surface area contributed by atoms with Crippen molar-refractivity contribution in [3.05, 3.63) is 109 Å². The molecule has 0 aliphatic rings. The predicted octanol–water partition coefficient (Wildman–Crippen LogP) is 7.75. The van der Waals surface area contributed by atoms with Crippen LogP contribution in [0, 0.1) is 6.92 Å². The molecule has 0 saturated heterocycles. The van der Waals surface area contributed by atoms with Crippen LogP contribution in [0.1, 0.15) is 5.56 Å². The van der Waals surface area contributed by atoms with Crippen molar-refractivity contribution in [2.45, 2.75) is 6.92 Å². The summed E-state index contributed by atoms with van der Waals surface area (Å²) in [7, 11) is 2.07. The van der Waals surface area contributed by atoms with Crippen LogP contribution < -0.4 is 4.57 Å². The highest BCUT2D eigenvalue weighted by Gasteiger charge is 2.22. The summed E-state index contributed by atoms with van der Waals surface area (Å²) in [5.74, 6) is 0. The smallest absolute Gasteiger partial charge is 0.216 e. The fourth-order valence-corrected chi connectivity index (χ4v) is 5.42. The lowest BCUT2D eigenvalue weighted by Crippen LogP contribution is -2.30. The lowest BCUT2D eigenvalue weighted by atomic mass is 9.93. The third-order valence-corrected chi connectivity index (χ3v) is 7.13. The van der Waals surface area contributed by atoms with Gasteiger partial charge in [0.15, 0.2) is 6.20 Å². The number of pyridine rings is 2. The number of aryl methyl sites for hydroxylation is 2. The van der Waals surface area contributed by atoms with Crippen LogP contribution in [0.4, 0.5) is 0 Å². The Morgan fingerprint density at radius 3 is 2.29 bits per heavy atom. The molecule has 35 heavy (non-hydrogen) atoms. The van der Waals surface area contributed by atoms with E-state index in [0.29, 0.717) is 0 Å². The Balaban J connectivity index is 1.60. The summed E-state index contributed by atoms with van der Waals surface area (Å²) in [4.78, 5) is 4.68. The second-order valence-corrected chi connectivity index (χ2v) is 9.19. The zero-order valence-corrected chi connectivity index (χ0v) is 19.6. The molecule has 0 N–H and O–H groups in total. The third-order valence-electron chi connectivity index (χ3n) is 7.13. The summed E-state index contributed by atoms with van der Waals surface area (Å²) < 4.78 is 8.91. The van der Waals surface area contributed by atoms with Gasteiger partial charge >= 0.3 is 0 Å². The van der Waals surface area contributed by atoms with E-state index in [2.05, 4.69) is 109 Å². The Morgan fingerprint density at radius 2 is 1.43 bits per heavy atom. The van der Waals surface area contributed by atoms with Crippen LogP contribution in [0.3, 0.4) is 0 Å². The molecule has 7 aromatic rings. The number of hydrogen-bond donors (Lipinski definition) is 0. The Labute approximate surface area is 202 Å². The number of rotatable bonds is 2. The summed E-state index contributed by atoms with van der Waals surface area (Å²) >= 11 is 0. The van der Waals surface area contributed by atoms with Gasteiger partial charge in [-0.25, -0.2) is 4.57 Å². The van der Waals surface area contributed by atoms with Crippen LogP contribution in [0.25, 0.3) is 65.9 Å². The molecular formula is C32H23N2O+. The van der Waals surface area contributed by atoms with E-state index in [1.54, 1.807) is 0 Å². The van der Waals surface area contributed by atoms with Gasteiger partial charge < -0.3 is 4.42 Å². The summed E-state index contributed by atoms with van der Waals surface area (Å²) in [6, 6.07) is 30.0. The largest absolute Gasteiger partial charge is 0.454 e. The standard InChI is InChI=1S/C32H23N2O/c1-20-14-15-25-27-18-33-19-28(31(27)35-32(25)30(20)29-13-7-8-16-34(29)2)26-17-21-9-3-4-10-22(21)23-11-5-6-12-24(23)26/h3-19H,1-2H3/q+1. The first-order valence-corrected chi connectivity index (χ1v) is 11.9. The van der Waals surface area contributed by atoms with Crippen LogP contribution >= 0.6 is 0 Å². The topological polar surface area (TPSA) is 29.9 Å². The van der Waals surface area contributed by atoms with Crippen molar-refractivity contribution in [2.24, 2.45) is 7.05 Å². The van der Waals surface area contributed by atoms with Crippen molar-refractivity contribution in [3.63, 3.8) is 0 Å². The number of fused-ring (bicyclic) bond motifs is 6. The quantitative estimate of drug-likeness (QED) is 0.199. The second-order valence-electron chi connectivity index (χ2n) is 9.19. The highest BCUT2D eigenvalue weighted by atomic mass is 16.3. The monoisotopic (exact) mass is 451 g/mol. The minimum Gasteiger partial charge on any atom is -0.454 e. The first-order chi connectivity index (χ1) is 17.2. The molecule has 0 spiro atoms. The maximum Gasteiger partial charge on any atom is 0.216 e. The predicted molar refractivity (Wildman–Crippen MR) is 143 cm³/mol. The first kappa shape index (κ1) is 19.9. The van der Waals surface area contributed by atoms with E-state index in [1.807, 2.05) is 18.5 Å². The molecule has 4 aromatic carbocycles. The van der Waals surface area contributed by atoms with Gasteiger partial charge in [0.2, 0.25) is 5.69 Å². The molecule has 0 atom stereocenters. The molecule has 0 amide bonds. The molecule has 7 rings (SSSR count). The van der Waals surface area contributed by atoms with Gasteiger partial charge in [-0.1, -0.05) is 60.7 Å². The normalized spacial score (nSPS) is 11.7. The Hall–Kier alpha value is -4.50. The lowest BCUT2D eigenvalue weighted by molar-refractivity contribution is -0.660. The molecule has 0 radical (unpaired) electrons. The molecular weight excluding hydrogens is 428 g/mol. The lowest BCUT2D eigenvalue weighted by Gasteiger charge is -2.11. The van der Waals surface area contributed by atoms with Gasteiger partial charge in [0.25, 0.3) is 0 Å². The summed E-state index contributed by atoms with van der Waals surface area (Å²) in [6.45, 7) is 2.14. The maximum atomic E-state index is 6.77. The van der Waals surface area contributed by atoms with E-state index >= 15 is 0 Å². The molecule has 3 heterocycles. The SMILES string of the molecule is Cc1ccc2c(oc3c(-c4cc5ccccc5c5ccccc45)cncc32)c1-c1cccc[n+]1C. The summed E-state index contributed by atoms with van der Waals surface area (Å²) in [5, 5.41) is 7.03. The molecule has 0 aliphatic carbocycles. The highest BCUT2D eigenvalue weighted by Crippen LogP contribution is 2.42. The van der Waals surface area contributed by atoms with Crippen LogP contribution in [0.5, 0.6) is 0 Å². The molecule has 0 aliphatic heterocycles. The van der Waals surface area contributed by atoms with Gasteiger partial charge in [0.05, 0.1) is 5.56 Å².